The monoisotopic (exact) mass is 391 g/mol. The molecule has 2 amide bonds. The van der Waals surface area contributed by atoms with Crippen LogP contribution >= 0.6 is 11.8 Å². The molecular formula is C20H17N5O2S. The number of thioether (sulfide) groups is 1. The van der Waals surface area contributed by atoms with Gasteiger partial charge in [0.05, 0.1) is 22.1 Å². The predicted octanol–water partition coefficient (Wildman–Crippen LogP) is 2.95. The van der Waals surface area contributed by atoms with Crippen molar-refractivity contribution in [1.82, 2.24) is 4.98 Å². The van der Waals surface area contributed by atoms with Crippen molar-refractivity contribution in [3.63, 3.8) is 0 Å². The Morgan fingerprint density at radius 3 is 2.39 bits per heavy atom. The number of nitrogens with zero attached hydrogens (tertiary/aromatic N) is 4. The summed E-state index contributed by atoms with van der Waals surface area (Å²) in [4.78, 5) is 30.6. The molecular weight excluding hydrogens is 374 g/mol. The number of para-hydroxylation sites is 1. The molecule has 8 heteroatoms. The number of nitrogens with two attached hydrogens (primary N) is 1. The van der Waals surface area contributed by atoms with E-state index in [1.54, 1.807) is 30.3 Å². The third kappa shape index (κ3) is 3.30. The topological polar surface area (TPSA) is 124 Å². The zero-order valence-corrected chi connectivity index (χ0v) is 16.2. The Balaban J connectivity index is 1.99. The Labute approximate surface area is 166 Å². The van der Waals surface area contributed by atoms with Gasteiger partial charge < -0.3 is 5.73 Å². The van der Waals surface area contributed by atoms with Crippen LogP contribution in [0.4, 0.5) is 11.5 Å². The first kappa shape index (κ1) is 19.4. The molecule has 2 heterocycles. The number of benzene rings is 1. The van der Waals surface area contributed by atoms with E-state index < -0.39 is 5.25 Å². The summed E-state index contributed by atoms with van der Waals surface area (Å²) in [6.07, 6.45) is 0.00185. The number of carbonyl (C=O) groups is 2. The summed E-state index contributed by atoms with van der Waals surface area (Å²) < 4.78 is 0. The highest BCUT2D eigenvalue weighted by molar-refractivity contribution is 8.00. The quantitative estimate of drug-likeness (QED) is 0.795. The normalized spacial score (nSPS) is 16.3. The van der Waals surface area contributed by atoms with Gasteiger partial charge >= 0.3 is 0 Å². The second-order valence-corrected chi connectivity index (χ2v) is 7.75. The van der Waals surface area contributed by atoms with Gasteiger partial charge in [0.15, 0.2) is 0 Å². The van der Waals surface area contributed by atoms with E-state index in [9.17, 15) is 20.1 Å². The van der Waals surface area contributed by atoms with Crippen molar-refractivity contribution in [2.24, 2.45) is 0 Å². The highest BCUT2D eigenvalue weighted by atomic mass is 32.2. The molecule has 1 fully saturated rings. The second kappa shape index (κ2) is 7.71. The summed E-state index contributed by atoms with van der Waals surface area (Å²) in [5, 5.41) is 18.6. The number of aromatic nitrogens is 1. The number of rotatable bonds is 4. The first-order valence-corrected chi connectivity index (χ1v) is 9.49. The van der Waals surface area contributed by atoms with E-state index in [0.717, 1.165) is 16.7 Å². The van der Waals surface area contributed by atoms with E-state index in [1.807, 2.05) is 19.9 Å². The van der Waals surface area contributed by atoms with Gasteiger partial charge in [0.2, 0.25) is 11.8 Å². The Kier molecular flexibility index (Phi) is 5.34. The SMILES string of the molecule is CC(C)c1c(C#N)c(N)nc(SC2CC(=O)N(c3ccccc3)C2=O)c1C#N. The fourth-order valence-corrected chi connectivity index (χ4v) is 4.29. The molecule has 28 heavy (non-hydrogen) atoms. The lowest BCUT2D eigenvalue weighted by atomic mass is 9.94. The molecule has 0 saturated carbocycles. The van der Waals surface area contributed by atoms with E-state index in [2.05, 4.69) is 11.1 Å². The lowest BCUT2D eigenvalue weighted by molar-refractivity contribution is -0.121. The Bertz CT molecular complexity index is 1040. The average molecular weight is 391 g/mol. The minimum Gasteiger partial charge on any atom is -0.383 e. The minimum absolute atomic E-state index is 0.00185. The molecule has 1 aliphatic rings. The van der Waals surface area contributed by atoms with Crippen LogP contribution in [0.3, 0.4) is 0 Å². The molecule has 0 spiro atoms. The second-order valence-electron chi connectivity index (χ2n) is 6.56. The van der Waals surface area contributed by atoms with E-state index in [1.165, 1.54) is 0 Å². The van der Waals surface area contributed by atoms with E-state index in [0.29, 0.717) is 11.3 Å². The molecule has 1 aromatic heterocycles. The van der Waals surface area contributed by atoms with Crippen LogP contribution < -0.4 is 10.6 Å². The standard InChI is InChI=1S/C20H17N5O2S/c1-11(2)17-13(9-21)18(23)24-19(14(17)10-22)28-15-8-16(26)25(20(15)27)12-6-4-3-5-7-12/h3-7,11,15H,8H2,1-2H3,(H2,23,24). The number of anilines is 2. The molecule has 0 aliphatic carbocycles. The molecule has 2 aromatic rings. The first-order valence-electron chi connectivity index (χ1n) is 8.61. The van der Waals surface area contributed by atoms with Crippen LogP contribution in [0.15, 0.2) is 35.4 Å². The van der Waals surface area contributed by atoms with Gasteiger partial charge in [-0.15, -0.1) is 0 Å². The fourth-order valence-electron chi connectivity index (χ4n) is 3.17. The van der Waals surface area contributed by atoms with Crippen molar-refractivity contribution in [2.75, 3.05) is 10.6 Å². The number of nitriles is 2. The summed E-state index contributed by atoms with van der Waals surface area (Å²) in [5.41, 5.74) is 7.35. The summed E-state index contributed by atoms with van der Waals surface area (Å²) >= 11 is 1.04. The predicted molar refractivity (Wildman–Crippen MR) is 105 cm³/mol. The Morgan fingerprint density at radius 2 is 1.82 bits per heavy atom. The van der Waals surface area contributed by atoms with Crippen molar-refractivity contribution in [1.29, 1.82) is 10.5 Å². The zero-order valence-electron chi connectivity index (χ0n) is 15.3. The molecule has 1 aliphatic heterocycles. The van der Waals surface area contributed by atoms with Crippen LogP contribution in [0.1, 0.15) is 42.9 Å². The first-order chi connectivity index (χ1) is 13.4. The van der Waals surface area contributed by atoms with Crippen molar-refractivity contribution in [2.45, 2.75) is 36.5 Å². The van der Waals surface area contributed by atoms with E-state index in [4.69, 9.17) is 5.73 Å². The Hall–Kier alpha value is -3.36. The van der Waals surface area contributed by atoms with Gasteiger partial charge in [-0.1, -0.05) is 43.8 Å². The molecule has 1 aromatic carbocycles. The van der Waals surface area contributed by atoms with E-state index >= 15 is 0 Å². The summed E-state index contributed by atoms with van der Waals surface area (Å²) in [6, 6.07) is 12.8. The number of carbonyl (C=O) groups excluding carboxylic acids is 2. The van der Waals surface area contributed by atoms with Crippen LogP contribution in [-0.2, 0) is 9.59 Å². The van der Waals surface area contributed by atoms with Crippen LogP contribution in [-0.4, -0.2) is 22.0 Å². The molecule has 0 radical (unpaired) electrons. The summed E-state index contributed by atoms with van der Waals surface area (Å²) in [5.74, 6) is -0.779. The van der Waals surface area contributed by atoms with Crippen molar-refractivity contribution < 1.29 is 9.59 Å². The lowest BCUT2D eigenvalue weighted by Gasteiger charge is -2.17. The smallest absolute Gasteiger partial charge is 0.247 e. The van der Waals surface area contributed by atoms with E-state index in [-0.39, 0.29) is 46.1 Å². The number of hydrogen-bond acceptors (Lipinski definition) is 7. The maximum Gasteiger partial charge on any atom is 0.247 e. The molecule has 1 atom stereocenters. The number of nitrogen functional groups attached to an aromatic ring is 1. The van der Waals surface area contributed by atoms with Gasteiger partial charge in [-0.05, 0) is 23.6 Å². The van der Waals surface area contributed by atoms with Gasteiger partial charge in [0.1, 0.15) is 23.0 Å². The summed E-state index contributed by atoms with van der Waals surface area (Å²) in [6.45, 7) is 3.71. The van der Waals surface area contributed by atoms with Crippen molar-refractivity contribution in [3.8, 4) is 12.1 Å². The molecule has 3 rings (SSSR count). The number of hydrogen-bond donors (Lipinski definition) is 1. The van der Waals surface area contributed by atoms with Gasteiger partial charge in [-0.2, -0.15) is 10.5 Å². The molecule has 1 saturated heterocycles. The maximum absolute atomic E-state index is 12.8. The number of amides is 2. The molecule has 7 nitrogen and oxygen atoms in total. The fraction of sp³-hybridized carbons (Fsp3) is 0.250. The summed E-state index contributed by atoms with van der Waals surface area (Å²) in [7, 11) is 0. The van der Waals surface area contributed by atoms with Crippen LogP contribution in [0.2, 0.25) is 0 Å². The number of pyridine rings is 1. The molecule has 1 unspecified atom stereocenters. The molecule has 2 N–H and O–H groups in total. The third-order valence-electron chi connectivity index (χ3n) is 4.41. The lowest BCUT2D eigenvalue weighted by Crippen LogP contribution is -2.31. The minimum atomic E-state index is -0.709. The van der Waals surface area contributed by atoms with Crippen LogP contribution in [0.25, 0.3) is 0 Å². The van der Waals surface area contributed by atoms with Gasteiger partial charge in [0, 0.05) is 6.42 Å². The van der Waals surface area contributed by atoms with Gasteiger partial charge in [-0.3, -0.25) is 9.59 Å². The highest BCUT2D eigenvalue weighted by Crippen LogP contribution is 2.38. The van der Waals surface area contributed by atoms with Gasteiger partial charge in [0.25, 0.3) is 0 Å². The average Bonchev–Trinajstić information content (AvgIpc) is 2.95. The zero-order chi connectivity index (χ0) is 20.4. The molecule has 0 bridgehead atoms. The van der Waals surface area contributed by atoms with Gasteiger partial charge in [-0.25, -0.2) is 9.88 Å². The maximum atomic E-state index is 12.8. The number of imide groups is 1. The van der Waals surface area contributed by atoms with Crippen LogP contribution in [0.5, 0.6) is 0 Å². The van der Waals surface area contributed by atoms with Crippen molar-refractivity contribution >= 4 is 35.1 Å². The van der Waals surface area contributed by atoms with Crippen molar-refractivity contribution in [3.05, 3.63) is 47.0 Å². The largest absolute Gasteiger partial charge is 0.383 e. The van der Waals surface area contributed by atoms with Crippen LogP contribution in [0, 0.1) is 22.7 Å². The molecule has 140 valence electrons. The highest BCUT2D eigenvalue weighted by Gasteiger charge is 2.41. The Morgan fingerprint density at radius 1 is 1.18 bits per heavy atom. The third-order valence-corrected chi connectivity index (χ3v) is 5.58.